The van der Waals surface area contributed by atoms with Crippen molar-refractivity contribution < 1.29 is 9.59 Å². The molecule has 8 nitrogen and oxygen atoms in total. The van der Waals surface area contributed by atoms with E-state index in [2.05, 4.69) is 16.3 Å². The van der Waals surface area contributed by atoms with Crippen LogP contribution in [0, 0.1) is 0 Å². The van der Waals surface area contributed by atoms with Crippen molar-refractivity contribution in [2.75, 3.05) is 28.2 Å². The summed E-state index contributed by atoms with van der Waals surface area (Å²) in [6, 6.07) is 18.5. The highest BCUT2D eigenvalue weighted by molar-refractivity contribution is 7.80. The zero-order valence-electron chi connectivity index (χ0n) is 18.3. The fourth-order valence-corrected chi connectivity index (χ4v) is 2.87. The zero-order chi connectivity index (χ0) is 23.7. The number of rotatable bonds is 6. The molecule has 10 heteroatoms. The van der Waals surface area contributed by atoms with Crippen molar-refractivity contribution in [2.24, 2.45) is 0 Å². The SMILES string of the molecule is CN(C)NC=C(C(=O)NN(C)C(=S)c1ccccc1)C(=O)NN(C)C(=S)c1ccccc1. The molecular formula is C22H26N6O2S2. The zero-order valence-corrected chi connectivity index (χ0v) is 20.0. The quantitative estimate of drug-likeness (QED) is 0.193. The third-order valence-electron chi connectivity index (χ3n) is 4.15. The molecule has 2 amide bonds. The van der Waals surface area contributed by atoms with E-state index in [1.54, 1.807) is 33.2 Å². The summed E-state index contributed by atoms with van der Waals surface area (Å²) in [5.41, 5.74) is 9.45. The second-order valence-corrected chi connectivity index (χ2v) is 7.70. The smallest absolute Gasteiger partial charge is 0.277 e. The number of benzene rings is 2. The average Bonchev–Trinajstić information content (AvgIpc) is 2.78. The molecule has 0 aliphatic rings. The van der Waals surface area contributed by atoms with Gasteiger partial charge in [0, 0.05) is 45.5 Å². The molecule has 0 heterocycles. The lowest BCUT2D eigenvalue weighted by Crippen LogP contribution is -2.49. The summed E-state index contributed by atoms with van der Waals surface area (Å²) in [6.45, 7) is 0. The molecule has 0 atom stereocenters. The minimum atomic E-state index is -0.642. The Bertz CT molecular complexity index is 922. The van der Waals surface area contributed by atoms with Gasteiger partial charge < -0.3 is 5.43 Å². The third-order valence-corrected chi connectivity index (χ3v) is 5.16. The van der Waals surface area contributed by atoms with Crippen molar-refractivity contribution in [1.82, 2.24) is 31.3 Å². The highest BCUT2D eigenvalue weighted by Crippen LogP contribution is 2.06. The normalized spacial score (nSPS) is 10.0. The van der Waals surface area contributed by atoms with Gasteiger partial charge in [0.15, 0.2) is 0 Å². The van der Waals surface area contributed by atoms with Crippen LogP contribution in [0.2, 0.25) is 0 Å². The van der Waals surface area contributed by atoms with Gasteiger partial charge in [-0.3, -0.25) is 30.5 Å². The van der Waals surface area contributed by atoms with Crippen LogP contribution in [0.4, 0.5) is 0 Å². The molecule has 0 spiro atoms. The van der Waals surface area contributed by atoms with Crippen molar-refractivity contribution in [3.63, 3.8) is 0 Å². The average molecular weight is 471 g/mol. The summed E-state index contributed by atoms with van der Waals surface area (Å²) < 4.78 is 0. The van der Waals surface area contributed by atoms with Crippen molar-refractivity contribution in [3.05, 3.63) is 83.6 Å². The lowest BCUT2D eigenvalue weighted by Gasteiger charge is -2.24. The van der Waals surface area contributed by atoms with Gasteiger partial charge in [-0.05, 0) is 0 Å². The first-order valence-electron chi connectivity index (χ1n) is 9.62. The Morgan fingerprint density at radius 1 is 0.719 bits per heavy atom. The molecule has 0 bridgehead atoms. The van der Waals surface area contributed by atoms with Crippen molar-refractivity contribution in [3.8, 4) is 0 Å². The number of thiocarbonyl (C=S) groups is 2. The molecule has 0 saturated carbocycles. The first-order chi connectivity index (χ1) is 15.2. The molecule has 2 aromatic rings. The fourth-order valence-electron chi connectivity index (χ4n) is 2.50. The minimum Gasteiger partial charge on any atom is -0.326 e. The highest BCUT2D eigenvalue weighted by atomic mass is 32.1. The Kier molecular flexibility index (Phi) is 9.26. The molecule has 0 aromatic heterocycles. The third kappa shape index (κ3) is 7.12. The van der Waals surface area contributed by atoms with E-state index in [4.69, 9.17) is 24.4 Å². The molecule has 3 N–H and O–H groups in total. The van der Waals surface area contributed by atoms with Crippen LogP contribution in [0.5, 0.6) is 0 Å². The second kappa shape index (κ2) is 11.9. The summed E-state index contributed by atoms with van der Waals surface area (Å²) in [7, 11) is 6.69. The van der Waals surface area contributed by atoms with Crippen molar-refractivity contribution in [2.45, 2.75) is 0 Å². The van der Waals surface area contributed by atoms with Crippen LogP contribution >= 0.6 is 24.4 Å². The Balaban J connectivity index is 2.13. The maximum atomic E-state index is 12.9. The van der Waals surface area contributed by atoms with Crippen LogP contribution in [0.25, 0.3) is 0 Å². The molecule has 0 radical (unpaired) electrons. The van der Waals surface area contributed by atoms with Gasteiger partial charge in [-0.2, -0.15) is 0 Å². The molecule has 0 aliphatic heterocycles. The van der Waals surface area contributed by atoms with Crippen molar-refractivity contribution in [1.29, 1.82) is 0 Å². The molecule has 0 unspecified atom stereocenters. The van der Waals surface area contributed by atoms with E-state index < -0.39 is 11.8 Å². The van der Waals surface area contributed by atoms with E-state index in [0.717, 1.165) is 11.1 Å². The Labute approximate surface area is 198 Å². The van der Waals surface area contributed by atoms with Crippen molar-refractivity contribution >= 4 is 46.2 Å². The van der Waals surface area contributed by atoms with E-state index in [9.17, 15) is 9.59 Å². The summed E-state index contributed by atoms with van der Waals surface area (Å²) in [6.07, 6.45) is 1.31. The fraction of sp³-hybridized carbons (Fsp3) is 0.182. The van der Waals surface area contributed by atoms with Gasteiger partial charge in [0.05, 0.1) is 0 Å². The van der Waals surface area contributed by atoms with E-state index in [1.165, 1.54) is 16.2 Å². The Morgan fingerprint density at radius 2 is 1.09 bits per heavy atom. The Morgan fingerprint density at radius 3 is 1.44 bits per heavy atom. The van der Waals surface area contributed by atoms with E-state index in [0.29, 0.717) is 9.98 Å². The predicted molar refractivity (Wildman–Crippen MR) is 133 cm³/mol. The number of hydrogen-bond acceptors (Lipinski definition) is 6. The van der Waals surface area contributed by atoms with Crippen LogP contribution in [0.3, 0.4) is 0 Å². The van der Waals surface area contributed by atoms with E-state index in [-0.39, 0.29) is 5.57 Å². The molecule has 168 valence electrons. The standard InChI is InChI=1S/C22H26N6O2S2/c1-26(2)23-15-18(19(29)24-27(3)21(31)16-11-7-5-8-12-16)20(30)25-28(4)22(32)17-13-9-6-10-14-17/h5-15,23H,1-4H3,(H,24,29)(H,25,30). The van der Waals surface area contributed by atoms with Crippen LogP contribution in [0.15, 0.2) is 72.4 Å². The van der Waals surface area contributed by atoms with Crippen LogP contribution < -0.4 is 16.3 Å². The molecule has 0 aliphatic carbocycles. The predicted octanol–water partition coefficient (Wildman–Crippen LogP) is 1.61. The number of nitrogens with one attached hydrogen (secondary N) is 3. The number of carbonyl (C=O) groups excluding carboxylic acids is 2. The molecule has 2 aromatic carbocycles. The summed E-state index contributed by atoms with van der Waals surface area (Å²) in [5.74, 6) is -1.28. The van der Waals surface area contributed by atoms with Crippen LogP contribution in [-0.4, -0.2) is 65.0 Å². The number of nitrogens with zero attached hydrogens (tertiary/aromatic N) is 3. The number of carbonyl (C=O) groups is 2. The topological polar surface area (TPSA) is 80.0 Å². The number of hydrogen-bond donors (Lipinski definition) is 3. The number of hydrazine groups is 3. The maximum absolute atomic E-state index is 12.9. The van der Waals surface area contributed by atoms with Gasteiger partial charge in [-0.25, -0.2) is 5.01 Å². The molecule has 32 heavy (non-hydrogen) atoms. The minimum absolute atomic E-state index is 0.163. The second-order valence-electron chi connectivity index (χ2n) is 6.92. The highest BCUT2D eigenvalue weighted by Gasteiger charge is 2.23. The van der Waals surface area contributed by atoms with E-state index >= 15 is 0 Å². The van der Waals surface area contributed by atoms with Crippen LogP contribution in [0.1, 0.15) is 11.1 Å². The Hall–Kier alpha value is -3.34. The lowest BCUT2D eigenvalue weighted by atomic mass is 10.2. The van der Waals surface area contributed by atoms with Gasteiger partial charge in [0.2, 0.25) is 0 Å². The summed E-state index contributed by atoms with van der Waals surface area (Å²) >= 11 is 10.8. The molecule has 2 rings (SSSR count). The lowest BCUT2D eigenvalue weighted by molar-refractivity contribution is -0.126. The molecular weight excluding hydrogens is 444 g/mol. The maximum Gasteiger partial charge on any atom is 0.277 e. The van der Waals surface area contributed by atoms with Gasteiger partial charge in [0.25, 0.3) is 11.8 Å². The largest absolute Gasteiger partial charge is 0.326 e. The van der Waals surface area contributed by atoms with Gasteiger partial charge in [-0.15, -0.1) is 0 Å². The molecule has 0 fully saturated rings. The monoisotopic (exact) mass is 470 g/mol. The summed E-state index contributed by atoms with van der Waals surface area (Å²) in [5, 5.41) is 4.38. The van der Waals surface area contributed by atoms with Crippen LogP contribution in [-0.2, 0) is 9.59 Å². The molecule has 0 saturated heterocycles. The van der Waals surface area contributed by atoms with Gasteiger partial charge >= 0.3 is 0 Å². The summed E-state index contributed by atoms with van der Waals surface area (Å²) in [4.78, 5) is 26.6. The first-order valence-corrected chi connectivity index (χ1v) is 10.4. The first kappa shape index (κ1) is 24.9. The number of amides is 2. The van der Waals surface area contributed by atoms with Gasteiger partial charge in [-0.1, -0.05) is 85.1 Å². The van der Waals surface area contributed by atoms with Gasteiger partial charge in [0.1, 0.15) is 15.6 Å². The van der Waals surface area contributed by atoms with E-state index in [1.807, 2.05) is 60.7 Å².